The van der Waals surface area contributed by atoms with Gasteiger partial charge in [0, 0.05) is 36.4 Å². The molecule has 0 aromatic heterocycles. The number of nitro benzene ring substituents is 2. The number of nitro groups is 2. The minimum absolute atomic E-state index is 0.0519. The summed E-state index contributed by atoms with van der Waals surface area (Å²) >= 11 is 0. The van der Waals surface area contributed by atoms with Crippen molar-refractivity contribution in [1.29, 1.82) is 0 Å². The van der Waals surface area contributed by atoms with Gasteiger partial charge in [0.25, 0.3) is 17.3 Å². The standard InChI is InChI=1S/C17H14N4O5/c1-19-15(10-7-11-3-2-4-14(16(11)19)21(25)26)18-17(22)12-5-8-13(9-6-12)20(23)24/h2-10,15H,1H3,(H,18,22). The number of fused-ring (bicyclic) bond motifs is 1. The maximum atomic E-state index is 12.4. The van der Waals surface area contributed by atoms with Crippen LogP contribution < -0.4 is 10.2 Å². The van der Waals surface area contributed by atoms with Crippen LogP contribution in [0.5, 0.6) is 0 Å². The normalized spacial score (nSPS) is 15.3. The smallest absolute Gasteiger partial charge is 0.293 e. The van der Waals surface area contributed by atoms with Crippen LogP contribution in [-0.2, 0) is 0 Å². The predicted octanol–water partition coefficient (Wildman–Crippen LogP) is 2.72. The zero-order valence-corrected chi connectivity index (χ0v) is 13.7. The highest BCUT2D eigenvalue weighted by Gasteiger charge is 2.28. The summed E-state index contributed by atoms with van der Waals surface area (Å²) in [5.41, 5.74) is 1.19. The second kappa shape index (κ2) is 6.63. The number of carbonyl (C=O) groups excluding carboxylic acids is 1. The quantitative estimate of drug-likeness (QED) is 0.666. The van der Waals surface area contributed by atoms with Crippen LogP contribution in [0.15, 0.2) is 48.5 Å². The van der Waals surface area contributed by atoms with E-state index in [0.29, 0.717) is 11.3 Å². The second-order valence-electron chi connectivity index (χ2n) is 5.66. The predicted molar refractivity (Wildman–Crippen MR) is 94.9 cm³/mol. The van der Waals surface area contributed by atoms with E-state index < -0.39 is 21.9 Å². The van der Waals surface area contributed by atoms with Crippen molar-refractivity contribution in [2.45, 2.75) is 6.17 Å². The molecule has 26 heavy (non-hydrogen) atoms. The number of nitrogens with one attached hydrogen (secondary N) is 1. The third-order valence-electron chi connectivity index (χ3n) is 4.09. The van der Waals surface area contributed by atoms with E-state index in [1.54, 1.807) is 36.2 Å². The van der Waals surface area contributed by atoms with Crippen LogP contribution in [0, 0.1) is 20.2 Å². The van der Waals surface area contributed by atoms with Gasteiger partial charge < -0.3 is 10.2 Å². The van der Waals surface area contributed by atoms with Gasteiger partial charge in [-0.1, -0.05) is 18.2 Å². The molecule has 1 aliphatic heterocycles. The topological polar surface area (TPSA) is 119 Å². The van der Waals surface area contributed by atoms with Crippen LogP contribution in [0.25, 0.3) is 6.08 Å². The number of benzene rings is 2. The van der Waals surface area contributed by atoms with E-state index in [1.165, 1.54) is 30.3 Å². The van der Waals surface area contributed by atoms with Crippen LogP contribution in [0.4, 0.5) is 17.1 Å². The van der Waals surface area contributed by atoms with Gasteiger partial charge in [-0.2, -0.15) is 0 Å². The molecule has 1 heterocycles. The number of likely N-dealkylation sites (N-methyl/N-ethyl adjacent to an activating group) is 1. The highest BCUT2D eigenvalue weighted by molar-refractivity contribution is 5.95. The number of hydrogen-bond donors (Lipinski definition) is 1. The Morgan fingerprint density at radius 3 is 2.38 bits per heavy atom. The number of nitrogens with zero attached hydrogens (tertiary/aromatic N) is 3. The molecule has 1 atom stereocenters. The van der Waals surface area contributed by atoms with Gasteiger partial charge in [0.2, 0.25) is 0 Å². The molecule has 0 saturated heterocycles. The lowest BCUT2D eigenvalue weighted by molar-refractivity contribution is -0.384. The summed E-state index contributed by atoms with van der Waals surface area (Å²) in [6.07, 6.45) is 2.84. The van der Waals surface area contributed by atoms with E-state index in [1.807, 2.05) is 0 Å². The van der Waals surface area contributed by atoms with Gasteiger partial charge in [0.05, 0.1) is 9.85 Å². The Labute approximate surface area is 147 Å². The molecule has 9 heteroatoms. The van der Waals surface area contributed by atoms with Gasteiger partial charge in [0.1, 0.15) is 11.9 Å². The molecule has 0 fully saturated rings. The Morgan fingerprint density at radius 1 is 1.08 bits per heavy atom. The highest BCUT2D eigenvalue weighted by atomic mass is 16.6. The van der Waals surface area contributed by atoms with Crippen LogP contribution in [0.3, 0.4) is 0 Å². The minimum Gasteiger partial charge on any atom is -0.345 e. The van der Waals surface area contributed by atoms with Gasteiger partial charge in [-0.15, -0.1) is 0 Å². The van der Waals surface area contributed by atoms with Gasteiger partial charge in [0.15, 0.2) is 0 Å². The maximum Gasteiger partial charge on any atom is 0.293 e. The van der Waals surface area contributed by atoms with Gasteiger partial charge in [-0.25, -0.2) is 0 Å². The van der Waals surface area contributed by atoms with Gasteiger partial charge in [-0.3, -0.25) is 25.0 Å². The van der Waals surface area contributed by atoms with Crippen molar-refractivity contribution in [3.05, 3.63) is 79.9 Å². The number of hydrogen-bond acceptors (Lipinski definition) is 6. The first-order chi connectivity index (χ1) is 12.4. The molecule has 0 saturated carbocycles. The summed E-state index contributed by atoms with van der Waals surface area (Å²) in [6.45, 7) is 0. The van der Waals surface area contributed by atoms with E-state index in [2.05, 4.69) is 5.32 Å². The zero-order valence-electron chi connectivity index (χ0n) is 13.7. The summed E-state index contributed by atoms with van der Waals surface area (Å²) in [4.78, 5) is 34.9. The molecular formula is C17H14N4O5. The van der Waals surface area contributed by atoms with Crippen molar-refractivity contribution >= 4 is 29.0 Å². The number of non-ortho nitro benzene ring substituents is 1. The Balaban J connectivity index is 1.82. The fourth-order valence-electron chi connectivity index (χ4n) is 2.77. The van der Waals surface area contributed by atoms with E-state index in [0.717, 1.165) is 0 Å². The van der Waals surface area contributed by atoms with Crippen molar-refractivity contribution < 1.29 is 14.6 Å². The Hall–Kier alpha value is -3.75. The molecule has 132 valence electrons. The van der Waals surface area contributed by atoms with Crippen LogP contribution >= 0.6 is 0 Å². The van der Waals surface area contributed by atoms with E-state index in [4.69, 9.17) is 0 Å². The molecule has 1 amide bonds. The van der Waals surface area contributed by atoms with E-state index >= 15 is 0 Å². The Morgan fingerprint density at radius 2 is 1.77 bits per heavy atom. The first-order valence-electron chi connectivity index (χ1n) is 7.62. The second-order valence-corrected chi connectivity index (χ2v) is 5.66. The lowest BCUT2D eigenvalue weighted by Crippen LogP contribution is -2.46. The van der Waals surface area contributed by atoms with Crippen LogP contribution in [-0.4, -0.2) is 29.0 Å². The number of amides is 1. The molecule has 2 aromatic carbocycles. The monoisotopic (exact) mass is 354 g/mol. The summed E-state index contributed by atoms with van der Waals surface area (Å²) < 4.78 is 0. The number of carbonyl (C=O) groups is 1. The summed E-state index contributed by atoms with van der Waals surface area (Å²) in [5, 5.41) is 24.7. The van der Waals surface area contributed by atoms with Gasteiger partial charge in [-0.05, 0) is 18.2 Å². The average molecular weight is 354 g/mol. The van der Waals surface area contributed by atoms with Crippen molar-refractivity contribution in [3.8, 4) is 0 Å². The fraction of sp³-hybridized carbons (Fsp3) is 0.118. The first kappa shape index (κ1) is 17.1. The molecule has 0 bridgehead atoms. The maximum absolute atomic E-state index is 12.4. The summed E-state index contributed by atoms with van der Waals surface area (Å²) in [6, 6.07) is 9.97. The fourth-order valence-corrected chi connectivity index (χ4v) is 2.77. The molecule has 0 radical (unpaired) electrons. The number of para-hydroxylation sites is 1. The minimum atomic E-state index is -0.591. The molecule has 1 unspecified atom stereocenters. The Kier molecular flexibility index (Phi) is 4.36. The van der Waals surface area contributed by atoms with Crippen molar-refractivity contribution in [2.75, 3.05) is 11.9 Å². The van der Waals surface area contributed by atoms with Gasteiger partial charge >= 0.3 is 0 Å². The lowest BCUT2D eigenvalue weighted by atomic mass is 10.0. The molecule has 0 spiro atoms. The summed E-state index contributed by atoms with van der Waals surface area (Å²) in [5.74, 6) is -0.441. The van der Waals surface area contributed by atoms with Crippen LogP contribution in [0.1, 0.15) is 15.9 Å². The van der Waals surface area contributed by atoms with Crippen LogP contribution in [0.2, 0.25) is 0 Å². The Bertz CT molecular complexity index is 923. The molecular weight excluding hydrogens is 340 g/mol. The van der Waals surface area contributed by atoms with Crippen molar-refractivity contribution in [3.63, 3.8) is 0 Å². The number of rotatable bonds is 4. The molecule has 1 N–H and O–H groups in total. The van der Waals surface area contributed by atoms with Crippen molar-refractivity contribution in [2.24, 2.45) is 0 Å². The zero-order chi connectivity index (χ0) is 18.8. The van der Waals surface area contributed by atoms with Crippen molar-refractivity contribution in [1.82, 2.24) is 5.32 Å². The largest absolute Gasteiger partial charge is 0.345 e. The highest BCUT2D eigenvalue weighted by Crippen LogP contribution is 2.35. The van der Waals surface area contributed by atoms with E-state index in [-0.39, 0.29) is 16.9 Å². The first-order valence-corrected chi connectivity index (χ1v) is 7.62. The third kappa shape index (κ3) is 3.09. The lowest BCUT2D eigenvalue weighted by Gasteiger charge is -2.32. The summed E-state index contributed by atoms with van der Waals surface area (Å²) in [7, 11) is 1.65. The number of anilines is 1. The molecule has 9 nitrogen and oxygen atoms in total. The molecule has 1 aliphatic rings. The molecule has 2 aromatic rings. The SMILES string of the molecule is CN1c2c(cccc2[N+](=O)[O-])C=CC1NC(=O)c1ccc([N+](=O)[O-])cc1. The average Bonchev–Trinajstić information content (AvgIpc) is 2.63. The molecule has 3 rings (SSSR count). The van der Waals surface area contributed by atoms with E-state index in [9.17, 15) is 25.0 Å². The third-order valence-corrected chi connectivity index (χ3v) is 4.09. The molecule has 0 aliphatic carbocycles.